The lowest BCUT2D eigenvalue weighted by Crippen LogP contribution is -2.30. The first-order valence-electron chi connectivity index (χ1n) is 11.1. The highest BCUT2D eigenvalue weighted by Crippen LogP contribution is 2.30. The van der Waals surface area contributed by atoms with Crippen molar-refractivity contribution in [2.45, 2.75) is 75.5 Å². The van der Waals surface area contributed by atoms with E-state index in [2.05, 4.69) is 35.2 Å². The number of benzene rings is 2. The van der Waals surface area contributed by atoms with Crippen LogP contribution in [0.3, 0.4) is 0 Å². The van der Waals surface area contributed by atoms with Crippen LogP contribution in [-0.2, 0) is 25.5 Å². The summed E-state index contributed by atoms with van der Waals surface area (Å²) in [6, 6.07) is 9.59. The van der Waals surface area contributed by atoms with Gasteiger partial charge in [-0.15, -0.1) is 0 Å². The summed E-state index contributed by atoms with van der Waals surface area (Å²) in [5.41, 5.74) is 2.41. The summed E-state index contributed by atoms with van der Waals surface area (Å²) >= 11 is 0. The molecule has 1 heterocycles. The molecule has 9 heteroatoms. The number of sulfonamides is 2. The Bertz CT molecular complexity index is 1250. The number of nitrogens with zero attached hydrogens (tertiary/aromatic N) is 1. The van der Waals surface area contributed by atoms with Gasteiger partial charge in [0.2, 0.25) is 0 Å². The number of aliphatic imine (C=N–C) groups is 1. The Morgan fingerprint density at radius 1 is 0.848 bits per heavy atom. The molecule has 0 radical (unpaired) electrons. The molecule has 3 rings (SSSR count). The van der Waals surface area contributed by atoms with Crippen molar-refractivity contribution in [1.82, 2.24) is 4.72 Å². The number of hydrogen-bond acceptors (Lipinski definition) is 5. The number of anilines is 1. The normalized spacial score (nSPS) is 15.5. The fraction of sp³-hybridized carbons (Fsp3) is 0.458. The molecule has 1 aliphatic rings. The summed E-state index contributed by atoms with van der Waals surface area (Å²) in [6.45, 7) is 10.4. The van der Waals surface area contributed by atoms with Gasteiger partial charge in [0.15, 0.2) is 0 Å². The van der Waals surface area contributed by atoms with Crippen molar-refractivity contribution in [3.05, 3.63) is 53.1 Å². The Balaban J connectivity index is 1.89. The molecule has 0 bridgehead atoms. The van der Waals surface area contributed by atoms with Crippen molar-refractivity contribution in [1.29, 1.82) is 0 Å². The van der Waals surface area contributed by atoms with Crippen LogP contribution in [0.2, 0.25) is 0 Å². The molecule has 33 heavy (non-hydrogen) atoms. The summed E-state index contributed by atoms with van der Waals surface area (Å²) in [7, 11) is -7.79. The molecule has 180 valence electrons. The molecule has 0 spiro atoms. The van der Waals surface area contributed by atoms with Gasteiger partial charge in [-0.25, -0.2) is 16.8 Å². The molecular weight excluding hydrogens is 458 g/mol. The van der Waals surface area contributed by atoms with Crippen molar-refractivity contribution in [3.63, 3.8) is 0 Å². The van der Waals surface area contributed by atoms with Gasteiger partial charge >= 0.3 is 0 Å². The van der Waals surface area contributed by atoms with E-state index in [4.69, 9.17) is 0 Å². The van der Waals surface area contributed by atoms with Gasteiger partial charge in [-0.2, -0.15) is 0 Å². The third-order valence-corrected chi connectivity index (χ3v) is 8.68. The Kier molecular flexibility index (Phi) is 7.24. The summed E-state index contributed by atoms with van der Waals surface area (Å²) in [5, 5.41) is 0. The summed E-state index contributed by atoms with van der Waals surface area (Å²) in [4.78, 5) is 4.50. The quantitative estimate of drug-likeness (QED) is 0.635. The number of nitrogens with one attached hydrogen (secondary N) is 2. The van der Waals surface area contributed by atoms with E-state index >= 15 is 0 Å². The molecule has 0 saturated carbocycles. The highest BCUT2D eigenvalue weighted by molar-refractivity contribution is 7.93. The average molecular weight is 492 g/mol. The molecule has 7 nitrogen and oxygen atoms in total. The predicted octanol–water partition coefficient (Wildman–Crippen LogP) is 4.65. The number of amidine groups is 1. The fourth-order valence-electron chi connectivity index (χ4n) is 3.91. The van der Waals surface area contributed by atoms with Crippen LogP contribution in [0.25, 0.3) is 0 Å². The van der Waals surface area contributed by atoms with Gasteiger partial charge in [0.1, 0.15) is 5.84 Å². The lowest BCUT2D eigenvalue weighted by molar-refractivity contribution is 0.585. The first kappa shape index (κ1) is 25.2. The van der Waals surface area contributed by atoms with Gasteiger partial charge < -0.3 is 0 Å². The highest BCUT2D eigenvalue weighted by Gasteiger charge is 2.24. The van der Waals surface area contributed by atoms with Gasteiger partial charge in [-0.1, -0.05) is 45.4 Å². The summed E-state index contributed by atoms with van der Waals surface area (Å²) in [5.74, 6) is 0.448. The van der Waals surface area contributed by atoms with E-state index < -0.39 is 20.0 Å². The molecule has 0 unspecified atom stereocenters. The summed E-state index contributed by atoms with van der Waals surface area (Å²) in [6.07, 6.45) is 3.42. The van der Waals surface area contributed by atoms with Crippen LogP contribution < -0.4 is 9.44 Å². The standard InChI is InChI=1S/C24H33N3O4S2/c1-17-14-19(24(3,4)5)15-18(2)23(17)33(30,31)26-20-10-9-11-21(16-20)32(28,29)27-22-12-7-6-8-13-25-22/h9-11,14-16,26H,6-8,12-13H2,1-5H3,(H,25,27). The zero-order valence-corrected chi connectivity index (χ0v) is 21.5. The van der Waals surface area contributed by atoms with Crippen LogP contribution in [0.1, 0.15) is 63.1 Å². The molecule has 2 aromatic carbocycles. The molecule has 0 aromatic heterocycles. The second-order valence-electron chi connectivity index (χ2n) is 9.57. The smallest absolute Gasteiger partial charge is 0.262 e. The minimum Gasteiger partial charge on any atom is -0.280 e. The second-order valence-corrected chi connectivity index (χ2v) is 12.9. The number of aryl methyl sites for hydroxylation is 2. The van der Waals surface area contributed by atoms with Crippen molar-refractivity contribution < 1.29 is 16.8 Å². The van der Waals surface area contributed by atoms with Crippen molar-refractivity contribution in [2.75, 3.05) is 11.3 Å². The van der Waals surface area contributed by atoms with Crippen LogP contribution in [0, 0.1) is 13.8 Å². The largest absolute Gasteiger partial charge is 0.280 e. The van der Waals surface area contributed by atoms with Gasteiger partial charge in [0, 0.05) is 13.0 Å². The Hall–Kier alpha value is -2.39. The molecule has 0 saturated heterocycles. The van der Waals surface area contributed by atoms with Crippen LogP contribution >= 0.6 is 0 Å². The minimum atomic E-state index is -3.92. The molecular formula is C24H33N3O4S2. The third-order valence-electron chi connectivity index (χ3n) is 5.62. The van der Waals surface area contributed by atoms with Crippen molar-refractivity contribution in [2.24, 2.45) is 4.99 Å². The lowest BCUT2D eigenvalue weighted by atomic mass is 9.85. The van der Waals surface area contributed by atoms with E-state index in [0.717, 1.165) is 24.8 Å². The van der Waals surface area contributed by atoms with Gasteiger partial charge in [0.05, 0.1) is 15.5 Å². The Morgan fingerprint density at radius 2 is 1.52 bits per heavy atom. The third kappa shape index (κ3) is 6.14. The molecule has 1 aliphatic heterocycles. The topological polar surface area (TPSA) is 105 Å². The predicted molar refractivity (Wildman–Crippen MR) is 133 cm³/mol. The first-order valence-corrected chi connectivity index (χ1v) is 14.1. The van der Waals surface area contributed by atoms with E-state index in [0.29, 0.717) is 29.9 Å². The minimum absolute atomic E-state index is 0.0221. The lowest BCUT2D eigenvalue weighted by Gasteiger charge is -2.22. The van der Waals surface area contributed by atoms with E-state index in [1.807, 2.05) is 12.1 Å². The van der Waals surface area contributed by atoms with E-state index in [9.17, 15) is 16.8 Å². The molecule has 0 aliphatic carbocycles. The zero-order valence-electron chi connectivity index (χ0n) is 19.9. The van der Waals surface area contributed by atoms with E-state index in [-0.39, 0.29) is 20.9 Å². The molecule has 2 aromatic rings. The van der Waals surface area contributed by atoms with Crippen LogP contribution in [-0.4, -0.2) is 29.2 Å². The summed E-state index contributed by atoms with van der Waals surface area (Å²) < 4.78 is 57.3. The SMILES string of the molecule is Cc1cc(C(C)(C)C)cc(C)c1S(=O)(=O)Nc1cccc(S(=O)(=O)NC2=NCCCCC2)c1. The maximum atomic E-state index is 13.2. The van der Waals surface area contributed by atoms with E-state index in [1.54, 1.807) is 13.8 Å². The molecule has 0 atom stereocenters. The fourth-order valence-corrected chi connectivity index (χ4v) is 6.55. The van der Waals surface area contributed by atoms with Gasteiger partial charge in [-0.05, 0) is 67.0 Å². The maximum absolute atomic E-state index is 13.2. The van der Waals surface area contributed by atoms with Crippen molar-refractivity contribution >= 4 is 31.6 Å². The van der Waals surface area contributed by atoms with Gasteiger partial charge in [0.25, 0.3) is 20.0 Å². The first-order chi connectivity index (χ1) is 15.3. The molecule has 2 N–H and O–H groups in total. The molecule has 0 fully saturated rings. The van der Waals surface area contributed by atoms with Crippen LogP contribution in [0.5, 0.6) is 0 Å². The number of hydrogen-bond donors (Lipinski definition) is 2. The Morgan fingerprint density at radius 3 is 2.15 bits per heavy atom. The second kappa shape index (κ2) is 9.46. The van der Waals surface area contributed by atoms with Crippen LogP contribution in [0.4, 0.5) is 5.69 Å². The van der Waals surface area contributed by atoms with Gasteiger partial charge in [-0.3, -0.25) is 14.4 Å². The van der Waals surface area contributed by atoms with Crippen molar-refractivity contribution in [3.8, 4) is 0 Å². The van der Waals surface area contributed by atoms with Crippen LogP contribution in [0.15, 0.2) is 51.2 Å². The Labute approximate surface area is 197 Å². The average Bonchev–Trinajstić information content (AvgIpc) is 2.94. The maximum Gasteiger partial charge on any atom is 0.262 e. The zero-order chi connectivity index (χ0) is 24.4. The number of rotatable bonds is 5. The monoisotopic (exact) mass is 491 g/mol. The van der Waals surface area contributed by atoms with E-state index in [1.165, 1.54) is 24.3 Å². The molecule has 0 amide bonds. The highest BCUT2D eigenvalue weighted by atomic mass is 32.2.